The van der Waals surface area contributed by atoms with Crippen LogP contribution in [-0.4, -0.2) is 12.7 Å². The first-order valence-corrected chi connectivity index (χ1v) is 6.67. The van der Waals surface area contributed by atoms with Gasteiger partial charge in [0.15, 0.2) is 0 Å². The van der Waals surface area contributed by atoms with Gasteiger partial charge in [0.25, 0.3) is 0 Å². The molecule has 15 heavy (non-hydrogen) atoms. The average Bonchev–Trinajstić information content (AvgIpc) is 2.71. The van der Waals surface area contributed by atoms with E-state index in [0.29, 0.717) is 5.92 Å². The predicted octanol–water partition coefficient (Wildman–Crippen LogP) is 4.07. The zero-order valence-electron chi connectivity index (χ0n) is 9.42. The van der Waals surface area contributed by atoms with Gasteiger partial charge < -0.3 is 4.74 Å². The van der Waals surface area contributed by atoms with Crippen molar-refractivity contribution < 1.29 is 4.74 Å². The highest BCUT2D eigenvalue weighted by molar-refractivity contribution is 7.12. The Hall–Kier alpha value is -0.0500. The molecule has 1 fully saturated rings. The van der Waals surface area contributed by atoms with Gasteiger partial charge in [-0.15, -0.1) is 22.9 Å². The van der Waals surface area contributed by atoms with Crippen LogP contribution in [0.2, 0.25) is 0 Å². The number of rotatable bonds is 2. The molecule has 2 heterocycles. The third kappa shape index (κ3) is 2.22. The van der Waals surface area contributed by atoms with Gasteiger partial charge in [-0.2, -0.15) is 0 Å². The van der Waals surface area contributed by atoms with Crippen LogP contribution < -0.4 is 0 Å². The summed E-state index contributed by atoms with van der Waals surface area (Å²) in [5.74, 6) is 0.576. The first-order valence-electron chi connectivity index (χ1n) is 5.42. The largest absolute Gasteiger partial charge is 0.376 e. The third-order valence-electron chi connectivity index (χ3n) is 3.11. The summed E-state index contributed by atoms with van der Waals surface area (Å²) in [6, 6.07) is 2.20. The van der Waals surface area contributed by atoms with Crippen molar-refractivity contribution in [2.75, 3.05) is 6.61 Å². The fraction of sp³-hybridized carbons (Fsp3) is 0.667. The Bertz CT molecular complexity index is 347. The molecule has 0 N–H and O–H groups in total. The molecule has 0 aromatic carbocycles. The lowest BCUT2D eigenvalue weighted by atomic mass is 9.97. The standard InChI is InChI=1S/C12H17ClOS/c1-7-4-5-14-12(7)11(13)10-6-8(2)15-9(10)3/h6-7,11-12H,4-5H2,1-3H3. The van der Waals surface area contributed by atoms with Gasteiger partial charge in [-0.05, 0) is 37.8 Å². The fourth-order valence-corrected chi connectivity index (χ4v) is 3.78. The maximum Gasteiger partial charge on any atom is 0.0860 e. The Labute approximate surface area is 100 Å². The van der Waals surface area contributed by atoms with Gasteiger partial charge >= 0.3 is 0 Å². The lowest BCUT2D eigenvalue weighted by Gasteiger charge is -2.20. The molecule has 1 aliphatic rings. The maximum atomic E-state index is 6.51. The van der Waals surface area contributed by atoms with Crippen LogP contribution in [-0.2, 0) is 4.74 Å². The van der Waals surface area contributed by atoms with E-state index in [2.05, 4.69) is 26.8 Å². The zero-order valence-corrected chi connectivity index (χ0v) is 11.0. The maximum absolute atomic E-state index is 6.51. The first-order chi connectivity index (χ1) is 7.09. The number of halogens is 1. The van der Waals surface area contributed by atoms with Crippen LogP contribution in [0, 0.1) is 19.8 Å². The minimum atomic E-state index is 0.0208. The van der Waals surface area contributed by atoms with E-state index in [1.165, 1.54) is 15.3 Å². The second-order valence-corrected chi connectivity index (χ2v) is 6.30. The van der Waals surface area contributed by atoms with Gasteiger partial charge in [-0.25, -0.2) is 0 Å². The van der Waals surface area contributed by atoms with E-state index in [9.17, 15) is 0 Å². The van der Waals surface area contributed by atoms with Gasteiger partial charge in [-0.3, -0.25) is 0 Å². The molecular weight excluding hydrogens is 228 g/mol. The molecule has 3 atom stereocenters. The topological polar surface area (TPSA) is 9.23 Å². The van der Waals surface area contributed by atoms with Crippen LogP contribution in [0.25, 0.3) is 0 Å². The zero-order chi connectivity index (χ0) is 11.0. The van der Waals surface area contributed by atoms with Crippen LogP contribution in [0.5, 0.6) is 0 Å². The summed E-state index contributed by atoms with van der Waals surface area (Å²) in [7, 11) is 0. The lowest BCUT2D eigenvalue weighted by molar-refractivity contribution is 0.0903. The molecule has 2 rings (SSSR count). The third-order valence-corrected chi connectivity index (χ3v) is 4.57. The van der Waals surface area contributed by atoms with Crippen molar-refractivity contribution in [3.8, 4) is 0 Å². The molecule has 0 radical (unpaired) electrons. The predicted molar refractivity (Wildman–Crippen MR) is 65.9 cm³/mol. The van der Waals surface area contributed by atoms with Crippen LogP contribution in [0.1, 0.15) is 34.0 Å². The summed E-state index contributed by atoms with van der Waals surface area (Å²) in [5.41, 5.74) is 1.26. The van der Waals surface area contributed by atoms with E-state index in [-0.39, 0.29) is 11.5 Å². The first kappa shape index (κ1) is 11.4. The van der Waals surface area contributed by atoms with E-state index in [0.717, 1.165) is 13.0 Å². The van der Waals surface area contributed by atoms with Crippen molar-refractivity contribution in [3.05, 3.63) is 21.4 Å². The van der Waals surface area contributed by atoms with E-state index < -0.39 is 0 Å². The molecule has 0 saturated carbocycles. The monoisotopic (exact) mass is 244 g/mol. The second-order valence-electron chi connectivity index (χ2n) is 4.37. The van der Waals surface area contributed by atoms with Gasteiger partial charge in [0.05, 0.1) is 11.5 Å². The minimum absolute atomic E-state index is 0.0208. The SMILES string of the molecule is Cc1cc(C(Cl)C2OCCC2C)c(C)s1. The minimum Gasteiger partial charge on any atom is -0.376 e. The normalized spacial score (nSPS) is 28.3. The number of hydrogen-bond acceptors (Lipinski definition) is 2. The summed E-state index contributed by atoms with van der Waals surface area (Å²) < 4.78 is 5.72. The summed E-state index contributed by atoms with van der Waals surface area (Å²) in [4.78, 5) is 2.66. The molecule has 0 aliphatic carbocycles. The van der Waals surface area contributed by atoms with Crippen LogP contribution in [0.15, 0.2) is 6.07 Å². The van der Waals surface area contributed by atoms with E-state index in [1.54, 1.807) is 0 Å². The molecule has 1 saturated heterocycles. The molecule has 1 nitrogen and oxygen atoms in total. The lowest BCUT2D eigenvalue weighted by Crippen LogP contribution is -2.19. The fourth-order valence-electron chi connectivity index (χ4n) is 2.19. The number of ether oxygens (including phenoxy) is 1. The molecule has 1 aliphatic heterocycles. The van der Waals surface area contributed by atoms with Crippen molar-refractivity contribution >= 4 is 22.9 Å². The molecule has 0 spiro atoms. The Morgan fingerprint density at radius 1 is 1.53 bits per heavy atom. The highest BCUT2D eigenvalue weighted by Crippen LogP contribution is 2.39. The van der Waals surface area contributed by atoms with Gasteiger partial charge in [0, 0.05) is 16.4 Å². The molecular formula is C12H17ClOS. The number of aryl methyl sites for hydroxylation is 2. The Kier molecular flexibility index (Phi) is 3.39. The van der Waals surface area contributed by atoms with Crippen LogP contribution in [0.3, 0.4) is 0 Å². The number of thiophene rings is 1. The molecule has 1 aromatic rings. The molecule has 1 aromatic heterocycles. The quantitative estimate of drug-likeness (QED) is 0.713. The van der Waals surface area contributed by atoms with Crippen molar-refractivity contribution in [1.29, 1.82) is 0 Å². The van der Waals surface area contributed by atoms with Gasteiger partial charge in [0.2, 0.25) is 0 Å². The Morgan fingerprint density at radius 2 is 2.27 bits per heavy atom. The molecule has 3 heteroatoms. The highest BCUT2D eigenvalue weighted by Gasteiger charge is 2.32. The van der Waals surface area contributed by atoms with Crippen molar-refractivity contribution in [2.45, 2.75) is 38.7 Å². The highest BCUT2D eigenvalue weighted by atomic mass is 35.5. The van der Waals surface area contributed by atoms with Crippen LogP contribution >= 0.6 is 22.9 Å². The Morgan fingerprint density at radius 3 is 2.73 bits per heavy atom. The Balaban J connectivity index is 2.19. The molecule has 0 amide bonds. The van der Waals surface area contributed by atoms with Crippen molar-refractivity contribution in [2.24, 2.45) is 5.92 Å². The van der Waals surface area contributed by atoms with Crippen molar-refractivity contribution in [3.63, 3.8) is 0 Å². The molecule has 84 valence electrons. The summed E-state index contributed by atoms with van der Waals surface area (Å²) in [6.45, 7) is 7.35. The summed E-state index contributed by atoms with van der Waals surface area (Å²) in [5, 5.41) is 0.0208. The average molecular weight is 245 g/mol. The van der Waals surface area contributed by atoms with Gasteiger partial charge in [0.1, 0.15) is 0 Å². The van der Waals surface area contributed by atoms with E-state index in [4.69, 9.17) is 16.3 Å². The smallest absolute Gasteiger partial charge is 0.0860 e. The van der Waals surface area contributed by atoms with E-state index >= 15 is 0 Å². The number of hydrogen-bond donors (Lipinski definition) is 0. The van der Waals surface area contributed by atoms with Crippen LogP contribution in [0.4, 0.5) is 0 Å². The van der Waals surface area contributed by atoms with Gasteiger partial charge in [-0.1, -0.05) is 6.92 Å². The van der Waals surface area contributed by atoms with E-state index in [1.807, 2.05) is 11.3 Å². The summed E-state index contributed by atoms with van der Waals surface area (Å²) >= 11 is 8.33. The molecule has 3 unspecified atom stereocenters. The molecule has 0 bridgehead atoms. The summed E-state index contributed by atoms with van der Waals surface area (Å²) in [6.07, 6.45) is 1.33. The second kappa shape index (κ2) is 4.44. The number of alkyl halides is 1. The van der Waals surface area contributed by atoms with Crippen molar-refractivity contribution in [1.82, 2.24) is 0 Å².